The molecule has 0 amide bonds. The fourth-order valence-corrected chi connectivity index (χ4v) is 5.60. The van der Waals surface area contributed by atoms with E-state index in [-0.39, 0.29) is 0 Å². The largest absolute Gasteiger partial charge is 0.389 e. The van der Waals surface area contributed by atoms with Crippen molar-refractivity contribution in [3.05, 3.63) is 114 Å². The Hall–Kier alpha value is -3.00. The summed E-state index contributed by atoms with van der Waals surface area (Å²) < 4.78 is 0. The molecule has 1 N–H and O–H groups in total. The molecule has 2 aromatic carbocycles. The lowest BCUT2D eigenvalue weighted by Crippen LogP contribution is -2.27. The molecule has 2 nitrogen and oxygen atoms in total. The molecule has 0 bridgehead atoms. The van der Waals surface area contributed by atoms with Crippen LogP contribution in [0.15, 0.2) is 80.6 Å². The number of hydrogen-bond acceptors (Lipinski definition) is 2. The van der Waals surface area contributed by atoms with Crippen molar-refractivity contribution < 1.29 is 0 Å². The van der Waals surface area contributed by atoms with Crippen LogP contribution in [0.3, 0.4) is 0 Å². The molecule has 0 fully saturated rings. The van der Waals surface area contributed by atoms with Crippen LogP contribution in [0.25, 0.3) is 5.70 Å². The summed E-state index contributed by atoms with van der Waals surface area (Å²) in [5.74, 6) is 0. The summed E-state index contributed by atoms with van der Waals surface area (Å²) in [5.41, 5.74) is 10.7. The summed E-state index contributed by atoms with van der Waals surface area (Å²) in [6.45, 7) is 23.0. The summed E-state index contributed by atoms with van der Waals surface area (Å²) in [6, 6.07) is 14.2. The molecule has 204 valence electrons. The Morgan fingerprint density at radius 2 is 1.71 bits per heavy atom. The standard InChI is InChI=1S/C36H50N2/c1-7-11-18-35(10-4)38-27-34-26-31(20-22-36(34)29(38)6)17-15-13-12-14-16-23-37-28(5)24-33-21-19-30(8-2)25-32(33)9-3/h7,10,19-22,25-26,35,37H,1,4-6,8-9,11-18,23-24,27H2,2-3H3. The van der Waals surface area contributed by atoms with Crippen molar-refractivity contribution in [2.24, 2.45) is 0 Å². The van der Waals surface area contributed by atoms with E-state index in [2.05, 4.69) is 92.9 Å². The maximum absolute atomic E-state index is 4.38. The number of hydrogen-bond donors (Lipinski definition) is 1. The molecule has 0 saturated carbocycles. The predicted molar refractivity (Wildman–Crippen MR) is 167 cm³/mol. The van der Waals surface area contributed by atoms with E-state index in [9.17, 15) is 0 Å². The molecular weight excluding hydrogens is 460 g/mol. The Labute approximate surface area is 233 Å². The first-order valence-corrected chi connectivity index (χ1v) is 14.8. The normalized spacial score (nSPS) is 13.3. The minimum absolute atomic E-state index is 0.323. The second-order valence-corrected chi connectivity index (χ2v) is 10.8. The van der Waals surface area contributed by atoms with Crippen LogP contribution in [0.1, 0.15) is 92.2 Å². The van der Waals surface area contributed by atoms with E-state index in [4.69, 9.17) is 0 Å². The number of nitrogens with one attached hydrogen (secondary N) is 1. The van der Waals surface area contributed by atoms with Gasteiger partial charge in [0.25, 0.3) is 0 Å². The molecule has 3 rings (SSSR count). The first-order chi connectivity index (χ1) is 18.5. The van der Waals surface area contributed by atoms with Gasteiger partial charge in [-0.2, -0.15) is 0 Å². The smallest absolute Gasteiger partial charge is 0.0477 e. The van der Waals surface area contributed by atoms with Gasteiger partial charge in [-0.05, 0) is 72.8 Å². The predicted octanol–water partition coefficient (Wildman–Crippen LogP) is 8.96. The monoisotopic (exact) mass is 510 g/mol. The van der Waals surface area contributed by atoms with E-state index in [1.165, 1.54) is 65.5 Å². The Balaban J connectivity index is 1.32. The molecule has 1 atom stereocenters. The summed E-state index contributed by atoms with van der Waals surface area (Å²) in [6.07, 6.45) is 16.7. The van der Waals surface area contributed by atoms with Crippen LogP contribution < -0.4 is 5.32 Å². The van der Waals surface area contributed by atoms with Crippen molar-refractivity contribution in [1.29, 1.82) is 0 Å². The summed E-state index contributed by atoms with van der Waals surface area (Å²) in [4.78, 5) is 2.40. The van der Waals surface area contributed by atoms with Crippen LogP contribution in [-0.4, -0.2) is 17.5 Å². The minimum atomic E-state index is 0.323. The zero-order chi connectivity index (χ0) is 27.3. The average Bonchev–Trinajstić information content (AvgIpc) is 3.26. The zero-order valence-corrected chi connectivity index (χ0v) is 24.2. The number of unbranched alkanes of at least 4 members (excludes halogenated alkanes) is 4. The Morgan fingerprint density at radius 3 is 2.45 bits per heavy atom. The first-order valence-electron chi connectivity index (χ1n) is 14.8. The molecule has 1 unspecified atom stereocenters. The fraction of sp³-hybridized carbons (Fsp3) is 0.444. The highest BCUT2D eigenvalue weighted by Gasteiger charge is 2.26. The highest BCUT2D eigenvalue weighted by Crippen LogP contribution is 2.35. The third-order valence-electron chi connectivity index (χ3n) is 7.99. The van der Waals surface area contributed by atoms with E-state index >= 15 is 0 Å². The molecule has 2 heteroatoms. The Bertz CT molecular complexity index is 1090. The van der Waals surface area contributed by atoms with Crippen LogP contribution in [0.2, 0.25) is 0 Å². The van der Waals surface area contributed by atoms with Gasteiger partial charge in [-0.15, -0.1) is 13.2 Å². The van der Waals surface area contributed by atoms with E-state index in [0.29, 0.717) is 6.04 Å². The molecule has 1 heterocycles. The van der Waals surface area contributed by atoms with Gasteiger partial charge < -0.3 is 10.2 Å². The summed E-state index contributed by atoms with van der Waals surface area (Å²) in [5, 5.41) is 3.57. The SMILES string of the molecule is C=CCCC(C=C)N1Cc2cc(CCCCCCCNC(=C)Cc3ccc(CC)cc3CC)ccc2C1=C. The van der Waals surface area contributed by atoms with Crippen molar-refractivity contribution in [3.63, 3.8) is 0 Å². The quantitative estimate of drug-likeness (QED) is 0.159. The van der Waals surface area contributed by atoms with E-state index in [1.807, 2.05) is 6.08 Å². The van der Waals surface area contributed by atoms with Crippen LogP contribution in [0, 0.1) is 0 Å². The topological polar surface area (TPSA) is 15.3 Å². The fourth-order valence-electron chi connectivity index (χ4n) is 5.60. The second-order valence-electron chi connectivity index (χ2n) is 10.8. The average molecular weight is 511 g/mol. The third kappa shape index (κ3) is 8.25. The Morgan fingerprint density at radius 1 is 0.947 bits per heavy atom. The van der Waals surface area contributed by atoms with Crippen molar-refractivity contribution in [1.82, 2.24) is 10.2 Å². The maximum atomic E-state index is 4.38. The van der Waals surface area contributed by atoms with Gasteiger partial charge in [-0.3, -0.25) is 0 Å². The molecule has 0 aromatic heterocycles. The zero-order valence-electron chi connectivity index (χ0n) is 24.2. The molecule has 0 spiro atoms. The molecule has 1 aliphatic rings. The van der Waals surface area contributed by atoms with Gasteiger partial charge >= 0.3 is 0 Å². The summed E-state index contributed by atoms with van der Waals surface area (Å²) in [7, 11) is 0. The number of benzene rings is 2. The van der Waals surface area contributed by atoms with E-state index < -0.39 is 0 Å². The third-order valence-corrected chi connectivity index (χ3v) is 7.99. The Kier molecular flexibility index (Phi) is 12.0. The highest BCUT2D eigenvalue weighted by molar-refractivity contribution is 5.69. The van der Waals surface area contributed by atoms with Gasteiger partial charge in [-0.25, -0.2) is 0 Å². The van der Waals surface area contributed by atoms with Crippen molar-refractivity contribution in [2.75, 3.05) is 6.54 Å². The van der Waals surface area contributed by atoms with Crippen LogP contribution in [0.5, 0.6) is 0 Å². The molecule has 2 aromatic rings. The lowest BCUT2D eigenvalue weighted by atomic mass is 9.97. The van der Waals surface area contributed by atoms with Gasteiger partial charge in [-0.1, -0.05) is 94.8 Å². The van der Waals surface area contributed by atoms with Gasteiger partial charge in [0.1, 0.15) is 0 Å². The van der Waals surface area contributed by atoms with Gasteiger partial charge in [0.15, 0.2) is 0 Å². The van der Waals surface area contributed by atoms with E-state index in [1.54, 1.807) is 0 Å². The first kappa shape index (κ1) is 29.6. The van der Waals surface area contributed by atoms with Crippen molar-refractivity contribution >= 4 is 5.70 Å². The van der Waals surface area contributed by atoms with Crippen LogP contribution >= 0.6 is 0 Å². The van der Waals surface area contributed by atoms with Crippen molar-refractivity contribution in [2.45, 2.75) is 97.1 Å². The van der Waals surface area contributed by atoms with Gasteiger partial charge in [0, 0.05) is 42.5 Å². The molecule has 38 heavy (non-hydrogen) atoms. The number of nitrogens with zero attached hydrogens (tertiary/aromatic N) is 1. The molecular formula is C36H50N2. The highest BCUT2D eigenvalue weighted by atomic mass is 15.2. The molecule has 0 saturated heterocycles. The van der Waals surface area contributed by atoms with E-state index in [0.717, 1.165) is 63.0 Å². The maximum Gasteiger partial charge on any atom is 0.0477 e. The van der Waals surface area contributed by atoms with Gasteiger partial charge in [0.2, 0.25) is 0 Å². The van der Waals surface area contributed by atoms with Crippen LogP contribution in [-0.2, 0) is 32.2 Å². The number of allylic oxidation sites excluding steroid dienone is 2. The molecule has 1 aliphatic heterocycles. The number of fused-ring (bicyclic) bond motifs is 1. The lowest BCUT2D eigenvalue weighted by Gasteiger charge is -2.27. The minimum Gasteiger partial charge on any atom is -0.389 e. The summed E-state index contributed by atoms with van der Waals surface area (Å²) >= 11 is 0. The second kappa shape index (κ2) is 15.4. The molecule has 0 radical (unpaired) electrons. The lowest BCUT2D eigenvalue weighted by molar-refractivity contribution is 0.334. The van der Waals surface area contributed by atoms with Gasteiger partial charge in [0.05, 0.1) is 0 Å². The number of aryl methyl sites for hydroxylation is 3. The molecule has 0 aliphatic carbocycles. The number of rotatable bonds is 18. The van der Waals surface area contributed by atoms with Crippen LogP contribution in [0.4, 0.5) is 0 Å². The van der Waals surface area contributed by atoms with Crippen molar-refractivity contribution in [3.8, 4) is 0 Å².